The number of aliphatic carboxylic acids is 1. The summed E-state index contributed by atoms with van der Waals surface area (Å²) in [4.78, 5) is 11.7. The summed E-state index contributed by atoms with van der Waals surface area (Å²) in [5, 5.41) is 9.60. The molecule has 1 saturated carbocycles. The first-order valence-electron chi connectivity index (χ1n) is 7.57. The Hall–Kier alpha value is -0.830. The predicted octanol–water partition coefficient (Wildman–Crippen LogP) is 4.91. The molecule has 2 rings (SSSR count). The molecule has 0 radical (unpaired) electrons. The summed E-state index contributed by atoms with van der Waals surface area (Å²) in [5.41, 5.74) is 1.12. The van der Waals surface area contributed by atoms with E-state index in [0.717, 1.165) is 28.8 Å². The van der Waals surface area contributed by atoms with Gasteiger partial charge in [0.25, 0.3) is 0 Å². The fourth-order valence-corrected chi connectivity index (χ4v) is 3.89. The van der Waals surface area contributed by atoms with Crippen LogP contribution in [-0.2, 0) is 11.2 Å². The van der Waals surface area contributed by atoms with Gasteiger partial charge in [-0.2, -0.15) is 0 Å². The topological polar surface area (TPSA) is 37.3 Å². The molecular weight excluding hydrogens is 316 g/mol. The van der Waals surface area contributed by atoms with Gasteiger partial charge in [-0.15, -0.1) is 0 Å². The molecule has 20 heavy (non-hydrogen) atoms. The minimum absolute atomic E-state index is 0.237. The van der Waals surface area contributed by atoms with Crippen molar-refractivity contribution in [1.82, 2.24) is 0 Å². The minimum atomic E-state index is -0.633. The first-order valence-corrected chi connectivity index (χ1v) is 8.36. The van der Waals surface area contributed by atoms with E-state index in [-0.39, 0.29) is 5.92 Å². The second-order valence-electron chi connectivity index (χ2n) is 5.98. The average Bonchev–Trinajstić information content (AvgIpc) is 2.44. The number of hydrogen-bond acceptors (Lipinski definition) is 1. The first kappa shape index (κ1) is 15.6. The van der Waals surface area contributed by atoms with E-state index in [2.05, 4.69) is 22.9 Å². The van der Waals surface area contributed by atoms with Gasteiger partial charge in [0, 0.05) is 4.47 Å². The molecule has 0 amide bonds. The molecule has 1 aliphatic carbocycles. The number of carboxylic acid groups (broad SMARTS) is 1. The van der Waals surface area contributed by atoms with Crippen LogP contribution in [0.1, 0.15) is 44.6 Å². The van der Waals surface area contributed by atoms with E-state index in [9.17, 15) is 9.90 Å². The quantitative estimate of drug-likeness (QED) is 0.828. The van der Waals surface area contributed by atoms with E-state index in [0.29, 0.717) is 12.3 Å². The van der Waals surface area contributed by atoms with Gasteiger partial charge in [-0.1, -0.05) is 54.2 Å². The highest BCUT2D eigenvalue weighted by molar-refractivity contribution is 9.10. The van der Waals surface area contributed by atoms with Gasteiger partial charge in [0.2, 0.25) is 0 Å². The highest BCUT2D eigenvalue weighted by atomic mass is 79.9. The lowest BCUT2D eigenvalue weighted by atomic mass is 9.72. The van der Waals surface area contributed by atoms with Crippen LogP contribution < -0.4 is 0 Å². The Morgan fingerprint density at radius 2 is 2.25 bits per heavy atom. The van der Waals surface area contributed by atoms with Crippen molar-refractivity contribution in [3.8, 4) is 0 Å². The fourth-order valence-electron chi connectivity index (χ4n) is 3.44. The third kappa shape index (κ3) is 4.08. The molecule has 0 aromatic heterocycles. The zero-order valence-electron chi connectivity index (χ0n) is 12.0. The standard InChI is InChI=1S/C17H23BrO2/c1-2-12-5-3-7-14(9-12)16(17(19)20)11-13-6-4-8-15(18)10-13/h4,6,8,10,12,14,16H,2-3,5,7,9,11H2,1H3,(H,19,20). The number of halogens is 1. The lowest BCUT2D eigenvalue weighted by Crippen LogP contribution is -2.30. The van der Waals surface area contributed by atoms with Crippen LogP contribution in [-0.4, -0.2) is 11.1 Å². The normalized spacial score (nSPS) is 24.3. The van der Waals surface area contributed by atoms with Gasteiger partial charge in [-0.3, -0.25) is 4.79 Å². The molecule has 3 heteroatoms. The molecule has 3 atom stereocenters. The summed E-state index contributed by atoms with van der Waals surface area (Å²) in [6.45, 7) is 2.22. The Morgan fingerprint density at radius 3 is 2.90 bits per heavy atom. The van der Waals surface area contributed by atoms with Crippen LogP contribution in [0.4, 0.5) is 0 Å². The van der Waals surface area contributed by atoms with Crippen LogP contribution in [0.2, 0.25) is 0 Å². The fraction of sp³-hybridized carbons (Fsp3) is 0.588. The lowest BCUT2D eigenvalue weighted by molar-refractivity contribution is -0.144. The monoisotopic (exact) mass is 338 g/mol. The second-order valence-corrected chi connectivity index (χ2v) is 6.90. The van der Waals surface area contributed by atoms with E-state index in [1.165, 1.54) is 19.3 Å². The molecule has 0 saturated heterocycles. The van der Waals surface area contributed by atoms with Crippen molar-refractivity contribution in [3.05, 3.63) is 34.3 Å². The zero-order valence-corrected chi connectivity index (χ0v) is 13.6. The van der Waals surface area contributed by atoms with Crippen LogP contribution in [0.3, 0.4) is 0 Å². The van der Waals surface area contributed by atoms with Crippen molar-refractivity contribution < 1.29 is 9.90 Å². The van der Waals surface area contributed by atoms with Crippen LogP contribution in [0.25, 0.3) is 0 Å². The molecule has 110 valence electrons. The Balaban J connectivity index is 2.09. The van der Waals surface area contributed by atoms with Gasteiger partial charge in [0.1, 0.15) is 0 Å². The third-order valence-electron chi connectivity index (χ3n) is 4.63. The van der Waals surface area contributed by atoms with Crippen LogP contribution in [0, 0.1) is 17.8 Å². The Morgan fingerprint density at radius 1 is 1.45 bits per heavy atom. The van der Waals surface area contributed by atoms with Gasteiger partial charge >= 0.3 is 5.97 Å². The molecule has 1 fully saturated rings. The third-order valence-corrected chi connectivity index (χ3v) is 5.12. The van der Waals surface area contributed by atoms with E-state index >= 15 is 0 Å². The highest BCUT2D eigenvalue weighted by Gasteiger charge is 2.32. The summed E-state index contributed by atoms with van der Waals surface area (Å²) in [7, 11) is 0. The summed E-state index contributed by atoms with van der Waals surface area (Å²) in [5.74, 6) is 0.189. The van der Waals surface area contributed by atoms with Crippen LogP contribution >= 0.6 is 15.9 Å². The van der Waals surface area contributed by atoms with E-state index in [1.807, 2.05) is 24.3 Å². The van der Waals surface area contributed by atoms with Gasteiger partial charge < -0.3 is 5.11 Å². The lowest BCUT2D eigenvalue weighted by Gasteiger charge is -2.32. The number of carbonyl (C=O) groups is 1. The molecule has 0 spiro atoms. The summed E-state index contributed by atoms with van der Waals surface area (Å²) in [6, 6.07) is 8.03. The highest BCUT2D eigenvalue weighted by Crippen LogP contribution is 2.37. The van der Waals surface area contributed by atoms with E-state index < -0.39 is 5.97 Å². The second kappa shape index (κ2) is 7.26. The molecule has 2 nitrogen and oxygen atoms in total. The Kier molecular flexibility index (Phi) is 5.64. The maximum Gasteiger partial charge on any atom is 0.307 e. The average molecular weight is 339 g/mol. The largest absolute Gasteiger partial charge is 0.481 e. The van der Waals surface area contributed by atoms with Crippen molar-refractivity contribution in [3.63, 3.8) is 0 Å². The Bertz CT molecular complexity index is 458. The number of hydrogen-bond donors (Lipinski definition) is 1. The maximum atomic E-state index is 11.7. The maximum absolute atomic E-state index is 11.7. The van der Waals surface area contributed by atoms with Crippen LogP contribution in [0.15, 0.2) is 28.7 Å². The van der Waals surface area contributed by atoms with Crippen molar-refractivity contribution in [1.29, 1.82) is 0 Å². The Labute approximate surface area is 129 Å². The molecule has 0 bridgehead atoms. The molecule has 3 unspecified atom stereocenters. The van der Waals surface area contributed by atoms with Crippen molar-refractivity contribution in [2.75, 3.05) is 0 Å². The van der Waals surface area contributed by atoms with Gasteiger partial charge in [0.05, 0.1) is 5.92 Å². The molecule has 1 aromatic carbocycles. The van der Waals surface area contributed by atoms with E-state index in [4.69, 9.17) is 0 Å². The van der Waals surface area contributed by atoms with Crippen molar-refractivity contribution in [2.45, 2.75) is 45.4 Å². The van der Waals surface area contributed by atoms with Crippen LogP contribution in [0.5, 0.6) is 0 Å². The smallest absolute Gasteiger partial charge is 0.307 e. The van der Waals surface area contributed by atoms with Crippen molar-refractivity contribution >= 4 is 21.9 Å². The molecule has 0 aliphatic heterocycles. The number of carboxylic acids is 1. The molecule has 1 aliphatic rings. The zero-order chi connectivity index (χ0) is 14.5. The SMILES string of the molecule is CCC1CCCC(C(Cc2cccc(Br)c2)C(=O)O)C1. The molecular formula is C17H23BrO2. The molecule has 1 aromatic rings. The molecule has 0 heterocycles. The summed E-state index contributed by atoms with van der Waals surface area (Å²) < 4.78 is 1.02. The van der Waals surface area contributed by atoms with Gasteiger partial charge in [-0.05, 0) is 48.8 Å². The van der Waals surface area contributed by atoms with Crippen molar-refractivity contribution in [2.24, 2.45) is 17.8 Å². The summed E-state index contributed by atoms with van der Waals surface area (Å²) in [6.07, 6.45) is 6.44. The number of rotatable bonds is 5. The predicted molar refractivity (Wildman–Crippen MR) is 84.7 cm³/mol. The number of benzene rings is 1. The van der Waals surface area contributed by atoms with Gasteiger partial charge in [-0.25, -0.2) is 0 Å². The summed E-state index contributed by atoms with van der Waals surface area (Å²) >= 11 is 3.46. The molecule has 1 N–H and O–H groups in total. The first-order chi connectivity index (χ1) is 9.60. The van der Waals surface area contributed by atoms with E-state index in [1.54, 1.807) is 0 Å². The minimum Gasteiger partial charge on any atom is -0.481 e. The van der Waals surface area contributed by atoms with Gasteiger partial charge in [0.15, 0.2) is 0 Å².